The molecule has 0 unspecified atom stereocenters. The molecule has 3 rings (SSSR count). The predicted octanol–water partition coefficient (Wildman–Crippen LogP) is 2.21. The van der Waals surface area contributed by atoms with Crippen LogP contribution in [0.3, 0.4) is 0 Å². The number of aromatic nitrogens is 1. The highest BCUT2D eigenvalue weighted by Gasteiger charge is 2.20. The minimum absolute atomic E-state index is 0.555. The molecule has 0 saturated carbocycles. The summed E-state index contributed by atoms with van der Waals surface area (Å²) in [5, 5.41) is 1.31. The summed E-state index contributed by atoms with van der Waals surface area (Å²) < 4.78 is 7.49. The third-order valence-corrected chi connectivity index (χ3v) is 2.64. The first kappa shape index (κ1) is 7.15. The Bertz CT molecular complexity index is 428. The quantitative estimate of drug-likeness (QED) is 0.645. The standard InChI is InChI=1S/C11H11NO/c1-2-4-11-9(3-1)5-6-12(11)10-7-13-8-10/h1-6,10H,7-8H2. The normalized spacial score (nSPS) is 17.5. The van der Waals surface area contributed by atoms with Gasteiger partial charge in [-0.1, -0.05) is 18.2 Å². The van der Waals surface area contributed by atoms with E-state index in [2.05, 4.69) is 41.1 Å². The van der Waals surface area contributed by atoms with E-state index >= 15 is 0 Å². The molecule has 13 heavy (non-hydrogen) atoms. The van der Waals surface area contributed by atoms with Gasteiger partial charge in [0.25, 0.3) is 0 Å². The first-order chi connectivity index (χ1) is 6.45. The summed E-state index contributed by atoms with van der Waals surface area (Å²) in [6.07, 6.45) is 2.15. The van der Waals surface area contributed by atoms with E-state index in [0.29, 0.717) is 6.04 Å². The smallest absolute Gasteiger partial charge is 0.0803 e. The van der Waals surface area contributed by atoms with Gasteiger partial charge in [0.15, 0.2) is 0 Å². The second kappa shape index (κ2) is 2.60. The van der Waals surface area contributed by atoms with Crippen molar-refractivity contribution >= 4 is 10.9 Å². The van der Waals surface area contributed by atoms with Gasteiger partial charge in [0.05, 0.1) is 19.3 Å². The number of nitrogens with zero attached hydrogens (tertiary/aromatic N) is 1. The molecule has 2 heterocycles. The molecule has 0 amide bonds. The SMILES string of the molecule is c1ccc2c(c1)ccn2C1COC1. The van der Waals surface area contributed by atoms with Gasteiger partial charge in [-0.15, -0.1) is 0 Å². The molecule has 2 nitrogen and oxygen atoms in total. The molecule has 2 aromatic rings. The molecule has 1 aromatic carbocycles. The average molecular weight is 173 g/mol. The Morgan fingerprint density at radius 3 is 2.77 bits per heavy atom. The van der Waals surface area contributed by atoms with Crippen LogP contribution >= 0.6 is 0 Å². The molecule has 0 spiro atoms. The number of hydrogen-bond acceptors (Lipinski definition) is 1. The van der Waals surface area contributed by atoms with Crippen molar-refractivity contribution < 1.29 is 4.74 Å². The van der Waals surface area contributed by atoms with E-state index in [1.165, 1.54) is 10.9 Å². The fourth-order valence-electron chi connectivity index (χ4n) is 1.81. The highest BCUT2D eigenvalue weighted by molar-refractivity contribution is 5.80. The molecule has 1 fully saturated rings. The van der Waals surface area contributed by atoms with Crippen LogP contribution in [0.5, 0.6) is 0 Å². The molecule has 0 bridgehead atoms. The summed E-state index contributed by atoms with van der Waals surface area (Å²) in [5.74, 6) is 0. The van der Waals surface area contributed by atoms with Gasteiger partial charge in [-0.05, 0) is 17.5 Å². The summed E-state index contributed by atoms with van der Waals surface area (Å²) in [6, 6.07) is 11.2. The molecule has 2 heteroatoms. The van der Waals surface area contributed by atoms with Crippen molar-refractivity contribution in [2.24, 2.45) is 0 Å². The minimum Gasteiger partial charge on any atom is -0.377 e. The molecule has 0 atom stereocenters. The molecule has 0 N–H and O–H groups in total. The van der Waals surface area contributed by atoms with Crippen molar-refractivity contribution in [3.05, 3.63) is 36.5 Å². The molecule has 1 aromatic heterocycles. The van der Waals surface area contributed by atoms with Gasteiger partial charge in [0, 0.05) is 11.7 Å². The molecule has 66 valence electrons. The first-order valence-electron chi connectivity index (χ1n) is 4.58. The maximum absolute atomic E-state index is 5.19. The Balaban J connectivity index is 2.17. The zero-order valence-corrected chi connectivity index (χ0v) is 7.31. The number of para-hydroxylation sites is 1. The highest BCUT2D eigenvalue weighted by Crippen LogP contribution is 2.24. The largest absolute Gasteiger partial charge is 0.377 e. The number of rotatable bonds is 1. The van der Waals surface area contributed by atoms with Crippen LogP contribution in [0.1, 0.15) is 6.04 Å². The van der Waals surface area contributed by atoms with E-state index < -0.39 is 0 Å². The Hall–Kier alpha value is -1.28. The van der Waals surface area contributed by atoms with Crippen LogP contribution in [0.15, 0.2) is 36.5 Å². The van der Waals surface area contributed by atoms with Crippen molar-refractivity contribution in [2.75, 3.05) is 13.2 Å². The van der Waals surface area contributed by atoms with Crippen molar-refractivity contribution in [1.29, 1.82) is 0 Å². The van der Waals surface area contributed by atoms with Crippen LogP contribution in [-0.2, 0) is 4.74 Å². The maximum atomic E-state index is 5.19. The molecule has 1 aliphatic heterocycles. The van der Waals surface area contributed by atoms with E-state index in [9.17, 15) is 0 Å². The van der Waals surface area contributed by atoms with E-state index in [4.69, 9.17) is 4.74 Å². The molecule has 1 aliphatic rings. The van der Waals surface area contributed by atoms with E-state index in [-0.39, 0.29) is 0 Å². The fraction of sp³-hybridized carbons (Fsp3) is 0.273. The minimum atomic E-state index is 0.555. The second-order valence-electron chi connectivity index (χ2n) is 3.47. The van der Waals surface area contributed by atoms with Gasteiger partial charge in [-0.2, -0.15) is 0 Å². The summed E-state index contributed by atoms with van der Waals surface area (Å²) in [5.41, 5.74) is 1.32. The second-order valence-corrected chi connectivity index (χ2v) is 3.47. The molecule has 0 aliphatic carbocycles. The van der Waals surface area contributed by atoms with Crippen molar-refractivity contribution in [3.63, 3.8) is 0 Å². The van der Waals surface area contributed by atoms with E-state index in [0.717, 1.165) is 13.2 Å². The van der Waals surface area contributed by atoms with Crippen LogP contribution in [-0.4, -0.2) is 17.8 Å². The Labute approximate surface area is 76.7 Å². The van der Waals surface area contributed by atoms with Crippen LogP contribution in [0.2, 0.25) is 0 Å². The van der Waals surface area contributed by atoms with Crippen LogP contribution in [0, 0.1) is 0 Å². The first-order valence-corrected chi connectivity index (χ1v) is 4.58. The zero-order valence-electron chi connectivity index (χ0n) is 7.31. The summed E-state index contributed by atoms with van der Waals surface area (Å²) in [4.78, 5) is 0. The van der Waals surface area contributed by atoms with Gasteiger partial charge in [0.1, 0.15) is 0 Å². The van der Waals surface area contributed by atoms with Gasteiger partial charge < -0.3 is 9.30 Å². The van der Waals surface area contributed by atoms with Gasteiger partial charge >= 0.3 is 0 Å². The lowest BCUT2D eigenvalue weighted by Crippen LogP contribution is -2.29. The lowest BCUT2D eigenvalue weighted by atomic mass is 10.2. The van der Waals surface area contributed by atoms with Crippen molar-refractivity contribution in [3.8, 4) is 0 Å². The van der Waals surface area contributed by atoms with Crippen molar-refractivity contribution in [2.45, 2.75) is 6.04 Å². The van der Waals surface area contributed by atoms with Gasteiger partial charge in [-0.25, -0.2) is 0 Å². The monoisotopic (exact) mass is 173 g/mol. The molecular formula is C11H11NO. The molecule has 0 radical (unpaired) electrons. The van der Waals surface area contributed by atoms with E-state index in [1.807, 2.05) is 0 Å². The summed E-state index contributed by atoms with van der Waals surface area (Å²) in [7, 11) is 0. The zero-order chi connectivity index (χ0) is 8.67. The fourth-order valence-corrected chi connectivity index (χ4v) is 1.81. The Morgan fingerprint density at radius 1 is 1.15 bits per heavy atom. The van der Waals surface area contributed by atoms with E-state index in [1.54, 1.807) is 0 Å². The molecule has 1 saturated heterocycles. The maximum Gasteiger partial charge on any atom is 0.0803 e. The van der Waals surface area contributed by atoms with Gasteiger partial charge in [0.2, 0.25) is 0 Å². The lowest BCUT2D eigenvalue weighted by Gasteiger charge is -2.28. The lowest BCUT2D eigenvalue weighted by molar-refractivity contribution is -0.0213. The van der Waals surface area contributed by atoms with Crippen molar-refractivity contribution in [1.82, 2.24) is 4.57 Å². The predicted molar refractivity (Wildman–Crippen MR) is 51.8 cm³/mol. The van der Waals surface area contributed by atoms with Crippen LogP contribution in [0.25, 0.3) is 10.9 Å². The average Bonchev–Trinajstić information content (AvgIpc) is 2.47. The topological polar surface area (TPSA) is 14.2 Å². The summed E-state index contributed by atoms with van der Waals surface area (Å²) in [6.45, 7) is 1.72. The molecular weight excluding hydrogens is 162 g/mol. The number of ether oxygens (including phenoxy) is 1. The Morgan fingerprint density at radius 2 is 2.00 bits per heavy atom. The van der Waals surface area contributed by atoms with Crippen LogP contribution in [0.4, 0.5) is 0 Å². The third-order valence-electron chi connectivity index (χ3n) is 2.64. The third kappa shape index (κ3) is 0.988. The number of benzene rings is 1. The highest BCUT2D eigenvalue weighted by atomic mass is 16.5. The summed E-state index contributed by atoms with van der Waals surface area (Å²) >= 11 is 0. The van der Waals surface area contributed by atoms with Gasteiger partial charge in [-0.3, -0.25) is 0 Å². The number of hydrogen-bond donors (Lipinski definition) is 0. The number of fused-ring (bicyclic) bond motifs is 1. The van der Waals surface area contributed by atoms with Crippen LogP contribution < -0.4 is 0 Å². The Kier molecular flexibility index (Phi) is 1.43.